The van der Waals surface area contributed by atoms with Crippen molar-refractivity contribution in [2.24, 2.45) is 0 Å². The fourth-order valence-corrected chi connectivity index (χ4v) is 1.92. The highest BCUT2D eigenvalue weighted by atomic mass is 16.4. The Kier molecular flexibility index (Phi) is 5.83. The van der Waals surface area contributed by atoms with E-state index in [-0.39, 0.29) is 17.2 Å². The molecule has 0 radical (unpaired) electrons. The minimum absolute atomic E-state index is 0.0785. The number of aromatic carboxylic acids is 1. The van der Waals surface area contributed by atoms with Crippen LogP contribution >= 0.6 is 0 Å². The van der Waals surface area contributed by atoms with Crippen molar-refractivity contribution < 1.29 is 14.7 Å². The summed E-state index contributed by atoms with van der Waals surface area (Å²) in [5.74, 6) is -0.955. The number of hydrogen-bond donors (Lipinski definition) is 3. The number of nitrogens with zero attached hydrogens (tertiary/aromatic N) is 1. The molecule has 0 spiro atoms. The first-order valence-electron chi connectivity index (χ1n) is 6.64. The summed E-state index contributed by atoms with van der Waals surface area (Å²) >= 11 is 0. The first-order valence-corrected chi connectivity index (χ1v) is 6.64. The SMILES string of the molecule is CCN(CC)C(=O)CCNc1ccc(C(=O)O)c(N)c1. The Morgan fingerprint density at radius 2 is 1.95 bits per heavy atom. The molecule has 4 N–H and O–H groups in total. The lowest BCUT2D eigenvalue weighted by molar-refractivity contribution is -0.130. The van der Waals surface area contributed by atoms with Gasteiger partial charge in [-0.25, -0.2) is 4.79 Å². The van der Waals surface area contributed by atoms with Crippen LogP contribution in [0.1, 0.15) is 30.6 Å². The molecule has 110 valence electrons. The van der Waals surface area contributed by atoms with E-state index in [1.165, 1.54) is 6.07 Å². The Labute approximate surface area is 118 Å². The molecule has 0 fully saturated rings. The Balaban J connectivity index is 2.53. The van der Waals surface area contributed by atoms with Crippen molar-refractivity contribution in [2.75, 3.05) is 30.7 Å². The fraction of sp³-hybridized carbons (Fsp3) is 0.429. The predicted molar refractivity (Wildman–Crippen MR) is 78.8 cm³/mol. The van der Waals surface area contributed by atoms with Crippen LogP contribution in [0, 0.1) is 0 Å². The normalized spacial score (nSPS) is 10.1. The van der Waals surface area contributed by atoms with Gasteiger partial charge in [0.15, 0.2) is 0 Å². The van der Waals surface area contributed by atoms with E-state index in [0.29, 0.717) is 31.7 Å². The second kappa shape index (κ2) is 7.37. The van der Waals surface area contributed by atoms with E-state index in [4.69, 9.17) is 10.8 Å². The Bertz CT molecular complexity index is 485. The first-order chi connectivity index (χ1) is 9.49. The van der Waals surface area contributed by atoms with Crippen LogP contribution in [0.4, 0.5) is 11.4 Å². The van der Waals surface area contributed by atoms with Crippen molar-refractivity contribution in [3.05, 3.63) is 23.8 Å². The zero-order valence-electron chi connectivity index (χ0n) is 11.8. The standard InChI is InChI=1S/C14H21N3O3/c1-3-17(4-2)13(18)7-8-16-10-5-6-11(14(19)20)12(15)9-10/h5-6,9,16H,3-4,7-8,15H2,1-2H3,(H,19,20). The van der Waals surface area contributed by atoms with E-state index in [0.717, 1.165) is 0 Å². The molecule has 1 aromatic carbocycles. The second-order valence-electron chi connectivity index (χ2n) is 4.35. The number of rotatable bonds is 7. The van der Waals surface area contributed by atoms with Gasteiger partial charge in [-0.2, -0.15) is 0 Å². The van der Waals surface area contributed by atoms with Crippen molar-refractivity contribution in [2.45, 2.75) is 20.3 Å². The van der Waals surface area contributed by atoms with Crippen LogP contribution in [-0.2, 0) is 4.79 Å². The number of carboxylic acid groups (broad SMARTS) is 1. The quantitative estimate of drug-likeness (QED) is 0.659. The lowest BCUT2D eigenvalue weighted by Gasteiger charge is -2.18. The summed E-state index contributed by atoms with van der Waals surface area (Å²) in [5, 5.41) is 11.9. The molecule has 0 aliphatic rings. The largest absolute Gasteiger partial charge is 0.478 e. The van der Waals surface area contributed by atoms with Gasteiger partial charge in [0.05, 0.1) is 5.56 Å². The third-order valence-electron chi connectivity index (χ3n) is 3.07. The van der Waals surface area contributed by atoms with Gasteiger partial charge < -0.3 is 21.1 Å². The summed E-state index contributed by atoms with van der Waals surface area (Å²) in [7, 11) is 0. The van der Waals surface area contributed by atoms with E-state index in [1.807, 2.05) is 13.8 Å². The highest BCUT2D eigenvalue weighted by molar-refractivity contribution is 5.94. The van der Waals surface area contributed by atoms with E-state index in [2.05, 4.69) is 5.32 Å². The van der Waals surface area contributed by atoms with Gasteiger partial charge in [0.2, 0.25) is 5.91 Å². The predicted octanol–water partition coefficient (Wildman–Crippen LogP) is 1.64. The number of benzene rings is 1. The summed E-state index contributed by atoms with van der Waals surface area (Å²) in [6, 6.07) is 4.65. The molecule has 0 aliphatic carbocycles. The monoisotopic (exact) mass is 279 g/mol. The second-order valence-corrected chi connectivity index (χ2v) is 4.35. The topological polar surface area (TPSA) is 95.7 Å². The maximum absolute atomic E-state index is 11.8. The van der Waals surface area contributed by atoms with Crippen LogP contribution < -0.4 is 11.1 Å². The third kappa shape index (κ3) is 4.15. The minimum atomic E-state index is -1.05. The summed E-state index contributed by atoms with van der Waals surface area (Å²) in [6.45, 7) is 5.78. The Morgan fingerprint density at radius 3 is 2.45 bits per heavy atom. The van der Waals surface area contributed by atoms with Gasteiger partial charge >= 0.3 is 5.97 Å². The van der Waals surface area contributed by atoms with Crippen LogP contribution in [0.3, 0.4) is 0 Å². The van der Waals surface area contributed by atoms with Gasteiger partial charge in [-0.15, -0.1) is 0 Å². The molecule has 1 amide bonds. The van der Waals surface area contributed by atoms with Gasteiger partial charge in [0.25, 0.3) is 0 Å². The van der Waals surface area contributed by atoms with Crippen molar-refractivity contribution in [1.29, 1.82) is 0 Å². The summed E-state index contributed by atoms with van der Waals surface area (Å²) < 4.78 is 0. The van der Waals surface area contributed by atoms with E-state index < -0.39 is 5.97 Å². The van der Waals surface area contributed by atoms with Gasteiger partial charge in [-0.1, -0.05) is 0 Å². The molecule has 20 heavy (non-hydrogen) atoms. The first kappa shape index (κ1) is 15.8. The molecular weight excluding hydrogens is 258 g/mol. The molecule has 0 atom stereocenters. The van der Waals surface area contributed by atoms with Gasteiger partial charge in [0, 0.05) is 37.4 Å². The van der Waals surface area contributed by atoms with Crippen LogP contribution in [0.5, 0.6) is 0 Å². The van der Waals surface area contributed by atoms with Crippen LogP contribution in [-0.4, -0.2) is 41.5 Å². The van der Waals surface area contributed by atoms with Crippen LogP contribution in [0.25, 0.3) is 0 Å². The zero-order valence-corrected chi connectivity index (χ0v) is 11.8. The maximum atomic E-state index is 11.8. The zero-order chi connectivity index (χ0) is 15.1. The highest BCUT2D eigenvalue weighted by Crippen LogP contribution is 2.18. The van der Waals surface area contributed by atoms with Gasteiger partial charge in [-0.3, -0.25) is 4.79 Å². The molecule has 0 aliphatic heterocycles. The number of carboxylic acids is 1. The Morgan fingerprint density at radius 1 is 1.30 bits per heavy atom. The average molecular weight is 279 g/mol. The van der Waals surface area contributed by atoms with Crippen LogP contribution in [0.2, 0.25) is 0 Å². The molecule has 1 aromatic rings. The number of carbonyl (C=O) groups is 2. The molecule has 0 bridgehead atoms. The average Bonchev–Trinajstić information content (AvgIpc) is 2.39. The van der Waals surface area contributed by atoms with Gasteiger partial charge in [-0.05, 0) is 32.0 Å². The number of carbonyl (C=O) groups excluding carboxylic acids is 1. The van der Waals surface area contributed by atoms with E-state index in [1.54, 1.807) is 17.0 Å². The lowest BCUT2D eigenvalue weighted by atomic mass is 10.1. The van der Waals surface area contributed by atoms with Crippen molar-refractivity contribution in [3.8, 4) is 0 Å². The van der Waals surface area contributed by atoms with E-state index in [9.17, 15) is 9.59 Å². The molecule has 6 heteroatoms. The highest BCUT2D eigenvalue weighted by Gasteiger charge is 2.10. The fourth-order valence-electron chi connectivity index (χ4n) is 1.92. The molecule has 0 saturated carbocycles. The number of nitrogens with two attached hydrogens (primary N) is 1. The smallest absolute Gasteiger partial charge is 0.337 e. The van der Waals surface area contributed by atoms with Gasteiger partial charge in [0.1, 0.15) is 0 Å². The molecule has 6 nitrogen and oxygen atoms in total. The number of nitrogens with one attached hydrogen (secondary N) is 1. The molecule has 0 unspecified atom stereocenters. The molecule has 1 rings (SSSR count). The maximum Gasteiger partial charge on any atom is 0.337 e. The van der Waals surface area contributed by atoms with E-state index >= 15 is 0 Å². The minimum Gasteiger partial charge on any atom is -0.478 e. The van der Waals surface area contributed by atoms with Crippen molar-refractivity contribution in [3.63, 3.8) is 0 Å². The summed E-state index contributed by atoms with van der Waals surface area (Å²) in [4.78, 5) is 24.4. The lowest BCUT2D eigenvalue weighted by Crippen LogP contribution is -2.31. The number of amides is 1. The number of hydrogen-bond acceptors (Lipinski definition) is 4. The molecule has 0 heterocycles. The molecule has 0 aromatic heterocycles. The van der Waals surface area contributed by atoms with Crippen LogP contribution in [0.15, 0.2) is 18.2 Å². The van der Waals surface area contributed by atoms with Crippen molar-refractivity contribution >= 4 is 23.3 Å². The van der Waals surface area contributed by atoms with Crippen molar-refractivity contribution in [1.82, 2.24) is 4.90 Å². The summed E-state index contributed by atoms with van der Waals surface area (Å²) in [5.41, 5.74) is 6.64. The third-order valence-corrected chi connectivity index (χ3v) is 3.07. The molecule has 0 saturated heterocycles. The Hall–Kier alpha value is -2.24. The molecular formula is C14H21N3O3. The summed E-state index contributed by atoms with van der Waals surface area (Å²) in [6.07, 6.45) is 0.391. The number of nitrogen functional groups attached to an aromatic ring is 1. The number of anilines is 2.